The summed E-state index contributed by atoms with van der Waals surface area (Å²) in [5.74, 6) is -0.321. The summed E-state index contributed by atoms with van der Waals surface area (Å²) in [6, 6.07) is 4.61. The first kappa shape index (κ1) is 17.3. The molecule has 0 aliphatic heterocycles. The summed E-state index contributed by atoms with van der Waals surface area (Å²) in [6.45, 7) is 1.26. The lowest BCUT2D eigenvalue weighted by molar-refractivity contribution is 0.0341. The van der Waals surface area contributed by atoms with E-state index in [0.717, 1.165) is 0 Å². The molecule has 1 aromatic heterocycles. The number of aromatic nitrogens is 3. The van der Waals surface area contributed by atoms with Gasteiger partial charge in [-0.1, -0.05) is 23.4 Å². The van der Waals surface area contributed by atoms with Gasteiger partial charge >= 0.3 is 5.97 Å². The van der Waals surface area contributed by atoms with Crippen LogP contribution < -0.4 is 10.3 Å². The van der Waals surface area contributed by atoms with Gasteiger partial charge in [-0.25, -0.2) is 9.36 Å². The molecule has 0 aliphatic rings. The number of carbonyl (C=O) groups is 1. The summed E-state index contributed by atoms with van der Waals surface area (Å²) < 4.78 is 11.5. The Morgan fingerprint density at radius 1 is 1.39 bits per heavy atom. The van der Waals surface area contributed by atoms with Crippen molar-refractivity contribution in [2.45, 2.75) is 18.8 Å². The van der Waals surface area contributed by atoms with E-state index < -0.39 is 5.97 Å². The average Bonchev–Trinajstić information content (AvgIpc) is 2.55. The number of hydrogen-bond donors (Lipinski definition) is 0. The highest BCUT2D eigenvalue weighted by atomic mass is 35.5. The summed E-state index contributed by atoms with van der Waals surface area (Å²) in [4.78, 5) is 24.3. The van der Waals surface area contributed by atoms with E-state index in [1.54, 1.807) is 18.4 Å². The minimum absolute atomic E-state index is 0.178. The first-order valence-corrected chi connectivity index (χ1v) is 8.07. The van der Waals surface area contributed by atoms with E-state index in [1.165, 1.54) is 36.4 Å². The molecule has 0 spiro atoms. The van der Waals surface area contributed by atoms with Gasteiger partial charge in [0.2, 0.25) is 0 Å². The molecule has 122 valence electrons. The molecule has 0 saturated heterocycles. The minimum atomic E-state index is -0.655. The van der Waals surface area contributed by atoms with Crippen LogP contribution in [0.5, 0.6) is 5.75 Å². The maximum absolute atomic E-state index is 12.2. The van der Waals surface area contributed by atoms with Crippen LogP contribution in [0.1, 0.15) is 16.1 Å². The normalized spacial score (nSPS) is 10.4. The second-order valence-electron chi connectivity index (χ2n) is 4.41. The van der Waals surface area contributed by atoms with Crippen LogP contribution in [0.15, 0.2) is 28.2 Å². The molecule has 0 saturated carbocycles. The van der Waals surface area contributed by atoms with Gasteiger partial charge in [0.05, 0.1) is 7.11 Å². The smallest absolute Gasteiger partial charge is 0.343 e. The van der Waals surface area contributed by atoms with E-state index in [4.69, 9.17) is 21.1 Å². The van der Waals surface area contributed by atoms with E-state index in [9.17, 15) is 9.59 Å². The molecule has 0 bridgehead atoms. The number of nitrogens with zero attached hydrogens (tertiary/aromatic N) is 3. The average molecular weight is 356 g/mol. The van der Waals surface area contributed by atoms with Crippen molar-refractivity contribution in [2.24, 2.45) is 0 Å². The molecule has 9 heteroatoms. The molecule has 0 fully saturated rings. The maximum atomic E-state index is 12.2. The molecule has 1 aromatic carbocycles. The molecule has 1 heterocycles. The predicted molar refractivity (Wildman–Crippen MR) is 86.2 cm³/mol. The number of benzene rings is 1. The van der Waals surface area contributed by atoms with E-state index in [0.29, 0.717) is 15.9 Å². The van der Waals surface area contributed by atoms with Crippen LogP contribution in [0.4, 0.5) is 0 Å². The molecule has 0 atom stereocenters. The Labute approximate surface area is 141 Å². The molecule has 0 aliphatic carbocycles. The summed E-state index contributed by atoms with van der Waals surface area (Å²) >= 11 is 7.12. The van der Waals surface area contributed by atoms with Gasteiger partial charge in [0.1, 0.15) is 17.0 Å². The van der Waals surface area contributed by atoms with Crippen molar-refractivity contribution < 1.29 is 14.3 Å². The van der Waals surface area contributed by atoms with Crippen molar-refractivity contribution in [1.29, 1.82) is 0 Å². The van der Waals surface area contributed by atoms with Crippen molar-refractivity contribution in [3.8, 4) is 5.75 Å². The van der Waals surface area contributed by atoms with Gasteiger partial charge in [-0.15, -0.1) is 10.2 Å². The summed E-state index contributed by atoms with van der Waals surface area (Å²) in [7, 11) is 1.44. The Balaban J connectivity index is 2.25. The van der Waals surface area contributed by atoms with Crippen LogP contribution in [-0.2, 0) is 11.5 Å². The van der Waals surface area contributed by atoms with Gasteiger partial charge in [0, 0.05) is 5.02 Å². The molecule has 0 amide bonds. The second-order valence-corrected chi connectivity index (χ2v) is 5.62. The Morgan fingerprint density at radius 3 is 2.78 bits per heavy atom. The van der Waals surface area contributed by atoms with E-state index in [1.807, 2.05) is 0 Å². The van der Waals surface area contributed by atoms with Crippen LogP contribution >= 0.6 is 23.4 Å². The third-order valence-electron chi connectivity index (χ3n) is 2.96. The zero-order valence-electron chi connectivity index (χ0n) is 12.7. The summed E-state index contributed by atoms with van der Waals surface area (Å²) in [5, 5.41) is 8.38. The molecule has 7 nitrogen and oxygen atoms in total. The van der Waals surface area contributed by atoms with Gasteiger partial charge in [-0.05, 0) is 31.4 Å². The van der Waals surface area contributed by atoms with Gasteiger partial charge < -0.3 is 9.47 Å². The van der Waals surface area contributed by atoms with E-state index in [-0.39, 0.29) is 23.5 Å². The molecule has 23 heavy (non-hydrogen) atoms. The fourth-order valence-electron chi connectivity index (χ4n) is 1.80. The van der Waals surface area contributed by atoms with Crippen molar-refractivity contribution in [3.05, 3.63) is 44.8 Å². The Morgan fingerprint density at radius 2 is 2.13 bits per heavy atom. The number of halogens is 1. The highest BCUT2D eigenvalue weighted by Gasteiger charge is 2.16. The molecule has 0 unspecified atom stereocenters. The van der Waals surface area contributed by atoms with Gasteiger partial charge in [0.15, 0.2) is 11.9 Å². The molecule has 0 radical (unpaired) electrons. The van der Waals surface area contributed by atoms with Gasteiger partial charge in [0.25, 0.3) is 5.56 Å². The standard InChI is InChI=1S/C14H14ClN3O4S/c1-8-12(19)18(14(23-3)17-16-8)7-22-13(20)10-6-9(15)4-5-11(10)21-2/h4-6H,7H2,1-3H3. The van der Waals surface area contributed by atoms with Crippen LogP contribution in [0.3, 0.4) is 0 Å². The van der Waals surface area contributed by atoms with Crippen LogP contribution in [0, 0.1) is 6.92 Å². The van der Waals surface area contributed by atoms with E-state index >= 15 is 0 Å². The first-order chi connectivity index (χ1) is 11.0. The SMILES string of the molecule is COc1ccc(Cl)cc1C(=O)OCn1c(SC)nnc(C)c1=O. The molecule has 0 N–H and O–H groups in total. The maximum Gasteiger partial charge on any atom is 0.343 e. The lowest BCUT2D eigenvalue weighted by Crippen LogP contribution is -2.28. The quantitative estimate of drug-likeness (QED) is 0.600. The van der Waals surface area contributed by atoms with Crippen molar-refractivity contribution in [3.63, 3.8) is 0 Å². The Bertz CT molecular complexity index is 794. The Kier molecular flexibility index (Phi) is 5.62. The number of hydrogen-bond acceptors (Lipinski definition) is 7. The predicted octanol–water partition coefficient (Wildman–Crippen LogP) is 2.15. The topological polar surface area (TPSA) is 83.3 Å². The van der Waals surface area contributed by atoms with Crippen molar-refractivity contribution in [2.75, 3.05) is 13.4 Å². The lowest BCUT2D eigenvalue weighted by Gasteiger charge is -2.12. The number of aryl methyl sites for hydroxylation is 1. The number of esters is 1. The zero-order valence-corrected chi connectivity index (χ0v) is 14.3. The first-order valence-electron chi connectivity index (χ1n) is 6.46. The van der Waals surface area contributed by atoms with Crippen LogP contribution in [0.25, 0.3) is 0 Å². The van der Waals surface area contributed by atoms with Gasteiger partial charge in [-0.2, -0.15) is 0 Å². The van der Waals surface area contributed by atoms with Crippen LogP contribution in [0.2, 0.25) is 5.02 Å². The second kappa shape index (κ2) is 7.47. The summed E-state index contributed by atoms with van der Waals surface area (Å²) in [6.07, 6.45) is 1.75. The van der Waals surface area contributed by atoms with E-state index in [2.05, 4.69) is 10.2 Å². The van der Waals surface area contributed by atoms with Gasteiger partial charge in [-0.3, -0.25) is 4.79 Å². The van der Waals surface area contributed by atoms with Crippen molar-refractivity contribution >= 4 is 29.3 Å². The number of rotatable bonds is 5. The highest BCUT2D eigenvalue weighted by Crippen LogP contribution is 2.23. The molecular weight excluding hydrogens is 342 g/mol. The Hall–Kier alpha value is -2.06. The molecule has 2 aromatic rings. The monoisotopic (exact) mass is 355 g/mol. The highest BCUT2D eigenvalue weighted by molar-refractivity contribution is 7.98. The molecule has 2 rings (SSSR count). The van der Waals surface area contributed by atoms with Crippen molar-refractivity contribution in [1.82, 2.24) is 14.8 Å². The molecular formula is C14H14ClN3O4S. The fourth-order valence-corrected chi connectivity index (χ4v) is 2.45. The minimum Gasteiger partial charge on any atom is -0.496 e. The lowest BCUT2D eigenvalue weighted by atomic mass is 10.2. The van der Waals surface area contributed by atoms with Crippen LogP contribution in [-0.4, -0.2) is 34.1 Å². The third-order valence-corrected chi connectivity index (χ3v) is 3.86. The number of thioether (sulfide) groups is 1. The zero-order chi connectivity index (χ0) is 17.0. The number of carbonyl (C=O) groups excluding carboxylic acids is 1. The summed E-state index contributed by atoms with van der Waals surface area (Å²) in [5.41, 5.74) is 0.0341. The number of ether oxygens (including phenoxy) is 2. The fraction of sp³-hybridized carbons (Fsp3) is 0.286. The number of methoxy groups -OCH3 is 1. The third kappa shape index (κ3) is 3.83. The largest absolute Gasteiger partial charge is 0.496 e.